The summed E-state index contributed by atoms with van der Waals surface area (Å²) in [5.74, 6) is 1.04. The second-order valence-electron chi connectivity index (χ2n) is 3.54. The van der Waals surface area contributed by atoms with Crippen molar-refractivity contribution in [1.29, 1.82) is 0 Å². The smallest absolute Gasteiger partial charge is 0.128 e. The number of nitrogens with two attached hydrogens (primary N) is 1. The van der Waals surface area contributed by atoms with Crippen molar-refractivity contribution < 1.29 is 4.74 Å². The van der Waals surface area contributed by atoms with Crippen LogP contribution in [-0.4, -0.2) is 6.61 Å². The van der Waals surface area contributed by atoms with E-state index < -0.39 is 0 Å². The third-order valence-corrected chi connectivity index (χ3v) is 3.67. The Morgan fingerprint density at radius 3 is 3.07 bits per heavy atom. The highest BCUT2D eigenvalue weighted by atomic mass is 127. The number of ether oxygens (including phenoxy) is 1. The van der Waals surface area contributed by atoms with E-state index in [0.717, 1.165) is 25.2 Å². The van der Waals surface area contributed by atoms with Crippen LogP contribution in [0.3, 0.4) is 0 Å². The summed E-state index contributed by atoms with van der Waals surface area (Å²) in [5, 5.41) is 0. The quantitative estimate of drug-likeness (QED) is 0.810. The minimum atomic E-state index is 0.154. The zero-order valence-electron chi connectivity index (χ0n) is 8.22. The van der Waals surface area contributed by atoms with E-state index in [9.17, 15) is 0 Å². The van der Waals surface area contributed by atoms with Crippen molar-refractivity contribution in [3.63, 3.8) is 0 Å². The first-order chi connectivity index (χ1) is 6.74. The highest BCUT2D eigenvalue weighted by molar-refractivity contribution is 14.1. The van der Waals surface area contributed by atoms with Gasteiger partial charge < -0.3 is 10.5 Å². The Labute approximate surface area is 98.0 Å². The maximum atomic E-state index is 6.04. The van der Waals surface area contributed by atoms with Gasteiger partial charge in [-0.15, -0.1) is 0 Å². The van der Waals surface area contributed by atoms with Crippen molar-refractivity contribution in [2.24, 2.45) is 5.73 Å². The fraction of sp³-hybridized carbons (Fsp3) is 0.455. The minimum absolute atomic E-state index is 0.154. The first-order valence-electron chi connectivity index (χ1n) is 4.93. The molecule has 1 aliphatic rings. The fourth-order valence-corrected chi connectivity index (χ4v) is 2.66. The van der Waals surface area contributed by atoms with Gasteiger partial charge in [0.1, 0.15) is 5.75 Å². The Hall–Kier alpha value is -0.290. The van der Waals surface area contributed by atoms with E-state index >= 15 is 0 Å². The molecule has 0 spiro atoms. The molecule has 0 bridgehead atoms. The standard InChI is InChI=1S/C11H14INO/c1-2-7-9(12)4-3-8-10(13)5-6-14-11(7)8/h3-4,10H,2,5-6,13H2,1H3. The van der Waals surface area contributed by atoms with Gasteiger partial charge in [0.15, 0.2) is 0 Å². The number of hydrogen-bond acceptors (Lipinski definition) is 2. The molecule has 1 atom stereocenters. The maximum Gasteiger partial charge on any atom is 0.128 e. The molecule has 0 saturated heterocycles. The molecule has 0 radical (unpaired) electrons. The van der Waals surface area contributed by atoms with Gasteiger partial charge in [0.25, 0.3) is 0 Å². The van der Waals surface area contributed by atoms with Crippen LogP contribution < -0.4 is 10.5 Å². The zero-order chi connectivity index (χ0) is 10.1. The normalized spacial score (nSPS) is 20.1. The lowest BCUT2D eigenvalue weighted by Gasteiger charge is -2.25. The highest BCUT2D eigenvalue weighted by Gasteiger charge is 2.21. The molecule has 76 valence electrons. The number of halogens is 1. The number of rotatable bonds is 1. The lowest BCUT2D eigenvalue weighted by atomic mass is 9.97. The van der Waals surface area contributed by atoms with Crippen molar-refractivity contribution >= 4 is 22.6 Å². The molecule has 2 nitrogen and oxygen atoms in total. The molecular formula is C11H14INO. The van der Waals surface area contributed by atoms with Crippen LogP contribution in [0.15, 0.2) is 12.1 Å². The summed E-state index contributed by atoms with van der Waals surface area (Å²) < 4.78 is 6.99. The van der Waals surface area contributed by atoms with Gasteiger partial charge in [-0.3, -0.25) is 0 Å². The Kier molecular flexibility index (Phi) is 2.97. The van der Waals surface area contributed by atoms with Gasteiger partial charge in [0.2, 0.25) is 0 Å². The molecule has 0 aliphatic carbocycles. The Morgan fingerprint density at radius 1 is 1.57 bits per heavy atom. The second kappa shape index (κ2) is 4.06. The largest absolute Gasteiger partial charge is 0.493 e. The third kappa shape index (κ3) is 1.63. The summed E-state index contributed by atoms with van der Waals surface area (Å²) >= 11 is 2.35. The lowest BCUT2D eigenvalue weighted by Crippen LogP contribution is -2.21. The summed E-state index contributed by atoms with van der Waals surface area (Å²) in [5.41, 5.74) is 8.52. The fourth-order valence-electron chi connectivity index (χ4n) is 1.86. The van der Waals surface area contributed by atoms with E-state index in [1.54, 1.807) is 0 Å². The molecule has 1 heterocycles. The topological polar surface area (TPSA) is 35.2 Å². The van der Waals surface area contributed by atoms with E-state index in [1.807, 2.05) is 0 Å². The zero-order valence-corrected chi connectivity index (χ0v) is 10.4. The molecule has 1 aromatic carbocycles. The van der Waals surface area contributed by atoms with Crippen LogP contribution >= 0.6 is 22.6 Å². The Balaban J connectivity index is 2.55. The van der Waals surface area contributed by atoms with Crippen LogP contribution in [0, 0.1) is 3.57 Å². The van der Waals surface area contributed by atoms with Crippen molar-refractivity contribution in [3.05, 3.63) is 26.8 Å². The van der Waals surface area contributed by atoms with Crippen molar-refractivity contribution in [1.82, 2.24) is 0 Å². The van der Waals surface area contributed by atoms with Crippen molar-refractivity contribution in [3.8, 4) is 5.75 Å². The number of benzene rings is 1. The second-order valence-corrected chi connectivity index (χ2v) is 4.70. The first kappa shape index (κ1) is 10.2. The monoisotopic (exact) mass is 303 g/mol. The van der Waals surface area contributed by atoms with Gasteiger partial charge in [-0.2, -0.15) is 0 Å². The molecule has 2 N–H and O–H groups in total. The SMILES string of the molecule is CCc1c(I)ccc2c1OCCC2N. The molecular weight excluding hydrogens is 289 g/mol. The highest BCUT2D eigenvalue weighted by Crippen LogP contribution is 2.36. The maximum absolute atomic E-state index is 6.04. The van der Waals surface area contributed by atoms with Crippen molar-refractivity contribution in [2.75, 3.05) is 6.61 Å². The molecule has 1 unspecified atom stereocenters. The average molecular weight is 303 g/mol. The van der Waals surface area contributed by atoms with E-state index in [2.05, 4.69) is 41.6 Å². The molecule has 14 heavy (non-hydrogen) atoms. The summed E-state index contributed by atoms with van der Waals surface area (Å²) in [6.45, 7) is 2.91. The predicted octanol–water partition coefficient (Wildman–Crippen LogP) is 2.64. The Bertz CT molecular complexity index is 351. The van der Waals surface area contributed by atoms with Crippen molar-refractivity contribution in [2.45, 2.75) is 25.8 Å². The summed E-state index contributed by atoms with van der Waals surface area (Å²) in [4.78, 5) is 0. The van der Waals surface area contributed by atoms with Gasteiger partial charge in [-0.25, -0.2) is 0 Å². The van der Waals surface area contributed by atoms with Gasteiger partial charge in [-0.1, -0.05) is 13.0 Å². The molecule has 1 aromatic rings. The minimum Gasteiger partial charge on any atom is -0.493 e. The van der Waals surface area contributed by atoms with Gasteiger partial charge in [-0.05, 0) is 35.1 Å². The first-order valence-corrected chi connectivity index (χ1v) is 6.01. The summed E-state index contributed by atoms with van der Waals surface area (Å²) in [7, 11) is 0. The molecule has 3 heteroatoms. The molecule has 0 fully saturated rings. The predicted molar refractivity (Wildman–Crippen MR) is 65.6 cm³/mol. The van der Waals surface area contributed by atoms with E-state index in [0.29, 0.717) is 0 Å². The van der Waals surface area contributed by atoms with Crippen LogP contribution in [0.25, 0.3) is 0 Å². The average Bonchev–Trinajstić information content (AvgIpc) is 2.18. The molecule has 0 amide bonds. The lowest BCUT2D eigenvalue weighted by molar-refractivity contribution is 0.266. The third-order valence-electron chi connectivity index (χ3n) is 2.66. The van der Waals surface area contributed by atoms with Crippen LogP contribution in [-0.2, 0) is 6.42 Å². The van der Waals surface area contributed by atoms with Gasteiger partial charge in [0, 0.05) is 27.2 Å². The van der Waals surface area contributed by atoms with Crippen LogP contribution in [0.5, 0.6) is 5.75 Å². The van der Waals surface area contributed by atoms with Crippen LogP contribution in [0.2, 0.25) is 0 Å². The van der Waals surface area contributed by atoms with E-state index in [4.69, 9.17) is 10.5 Å². The molecule has 0 saturated carbocycles. The number of fused-ring (bicyclic) bond motifs is 1. The van der Waals surface area contributed by atoms with Gasteiger partial charge in [0.05, 0.1) is 6.61 Å². The summed E-state index contributed by atoms with van der Waals surface area (Å²) in [6.07, 6.45) is 1.94. The molecule has 2 rings (SSSR count). The number of hydrogen-bond donors (Lipinski definition) is 1. The van der Waals surface area contributed by atoms with E-state index in [1.165, 1.54) is 14.7 Å². The molecule has 1 aliphatic heterocycles. The van der Waals surface area contributed by atoms with Crippen LogP contribution in [0.4, 0.5) is 0 Å². The summed E-state index contributed by atoms with van der Waals surface area (Å²) in [6, 6.07) is 4.38. The van der Waals surface area contributed by atoms with Crippen LogP contribution in [0.1, 0.15) is 30.5 Å². The molecule has 0 aromatic heterocycles. The van der Waals surface area contributed by atoms with Gasteiger partial charge >= 0.3 is 0 Å². The van der Waals surface area contributed by atoms with E-state index in [-0.39, 0.29) is 6.04 Å². The Morgan fingerprint density at radius 2 is 2.36 bits per heavy atom.